The van der Waals surface area contributed by atoms with E-state index in [1.54, 1.807) is 0 Å². The second kappa shape index (κ2) is 3.11. The Morgan fingerprint density at radius 1 is 1.56 bits per heavy atom. The van der Waals surface area contributed by atoms with Gasteiger partial charge in [0.15, 0.2) is 0 Å². The van der Waals surface area contributed by atoms with Crippen molar-refractivity contribution in [3.8, 4) is 0 Å². The van der Waals surface area contributed by atoms with E-state index in [-0.39, 0.29) is 12.8 Å². The lowest BCUT2D eigenvalue weighted by molar-refractivity contribution is -0.000226. The fourth-order valence-corrected chi connectivity index (χ4v) is 0.462. The molecule has 0 aromatic carbocycles. The van der Waals surface area contributed by atoms with Gasteiger partial charge in [-0.2, -0.15) is 0 Å². The Labute approximate surface area is 53.7 Å². The second-order valence-electron chi connectivity index (χ2n) is 2.46. The highest BCUT2D eigenvalue weighted by Gasteiger charge is 2.20. The molecule has 1 N–H and O–H groups in total. The number of hydrogen-bond donors (Lipinski definition) is 1. The predicted octanol–water partition coefficient (Wildman–Crippen LogP) is 1.80. The zero-order valence-electron chi connectivity index (χ0n) is 5.69. The summed E-state index contributed by atoms with van der Waals surface area (Å²) in [5, 5.41) is 8.58. The average molecular weight is 138 g/mol. The van der Waals surface area contributed by atoms with Crippen molar-refractivity contribution in [2.45, 2.75) is 38.7 Å². The Balaban J connectivity index is 3.28. The summed E-state index contributed by atoms with van der Waals surface area (Å²) in [6.45, 7) is 2.36. The summed E-state index contributed by atoms with van der Waals surface area (Å²) < 4.78 is 23.9. The monoisotopic (exact) mass is 138 g/mol. The van der Waals surface area contributed by atoms with Crippen LogP contribution in [0.5, 0.6) is 0 Å². The molecule has 1 atom stereocenters. The van der Waals surface area contributed by atoms with Gasteiger partial charge in [0.05, 0.1) is 6.10 Å². The first-order valence-electron chi connectivity index (χ1n) is 2.98. The van der Waals surface area contributed by atoms with Gasteiger partial charge < -0.3 is 5.11 Å². The maximum atomic E-state index is 12.0. The molecule has 56 valence electrons. The summed E-state index contributed by atoms with van der Waals surface area (Å²) in [5.41, 5.74) is 0. The topological polar surface area (TPSA) is 20.2 Å². The fourth-order valence-electron chi connectivity index (χ4n) is 0.462. The Hall–Kier alpha value is -0.180. The molecule has 0 aliphatic carbocycles. The first-order valence-corrected chi connectivity index (χ1v) is 2.98. The second-order valence-corrected chi connectivity index (χ2v) is 2.46. The molecule has 0 heterocycles. The third kappa shape index (κ3) is 7.82. The predicted molar refractivity (Wildman–Crippen MR) is 31.5 cm³/mol. The quantitative estimate of drug-likeness (QED) is 0.630. The van der Waals surface area contributed by atoms with Crippen LogP contribution in [0.25, 0.3) is 0 Å². The zero-order valence-corrected chi connectivity index (χ0v) is 5.69. The summed E-state index contributed by atoms with van der Waals surface area (Å²) in [7, 11) is 0. The molecule has 0 aromatic rings. The Kier molecular flexibility index (Phi) is 3.04. The molecular weight excluding hydrogens is 126 g/mol. The third-order valence-electron chi connectivity index (χ3n) is 1.00. The number of alkyl halides is 2. The SMILES string of the molecule is C[C@H](O)CCC(C)(F)F. The summed E-state index contributed by atoms with van der Waals surface area (Å²) in [4.78, 5) is 0. The molecule has 0 rings (SSSR count). The smallest absolute Gasteiger partial charge is 0.245 e. The van der Waals surface area contributed by atoms with E-state index < -0.39 is 12.0 Å². The molecule has 0 radical (unpaired) electrons. The van der Waals surface area contributed by atoms with E-state index in [4.69, 9.17) is 5.11 Å². The summed E-state index contributed by atoms with van der Waals surface area (Å²) >= 11 is 0. The van der Waals surface area contributed by atoms with Crippen LogP contribution in [0.1, 0.15) is 26.7 Å². The summed E-state index contributed by atoms with van der Waals surface area (Å²) in [5.74, 6) is -2.63. The Bertz CT molecular complexity index is 75.6. The van der Waals surface area contributed by atoms with E-state index in [1.165, 1.54) is 6.92 Å². The molecule has 0 bridgehead atoms. The minimum Gasteiger partial charge on any atom is -0.393 e. The largest absolute Gasteiger partial charge is 0.393 e. The minimum atomic E-state index is -2.63. The standard InChI is InChI=1S/C6H12F2O/c1-5(9)3-4-6(2,7)8/h5,9H,3-4H2,1-2H3/t5-/m0/s1. The molecule has 0 saturated heterocycles. The van der Waals surface area contributed by atoms with Gasteiger partial charge in [0, 0.05) is 6.42 Å². The fraction of sp³-hybridized carbons (Fsp3) is 1.00. The van der Waals surface area contributed by atoms with Crippen molar-refractivity contribution in [2.75, 3.05) is 0 Å². The van der Waals surface area contributed by atoms with Gasteiger partial charge in [0.25, 0.3) is 0 Å². The summed E-state index contributed by atoms with van der Waals surface area (Å²) in [6, 6.07) is 0. The van der Waals surface area contributed by atoms with Gasteiger partial charge in [-0.1, -0.05) is 0 Å². The first kappa shape index (κ1) is 8.82. The van der Waals surface area contributed by atoms with Crippen molar-refractivity contribution in [3.05, 3.63) is 0 Å². The van der Waals surface area contributed by atoms with Crippen LogP contribution >= 0.6 is 0 Å². The highest BCUT2D eigenvalue weighted by molar-refractivity contribution is 4.59. The molecule has 0 spiro atoms. The van der Waals surface area contributed by atoms with Crippen molar-refractivity contribution >= 4 is 0 Å². The third-order valence-corrected chi connectivity index (χ3v) is 1.00. The molecule has 3 heteroatoms. The lowest BCUT2D eigenvalue weighted by Crippen LogP contribution is -2.13. The van der Waals surface area contributed by atoms with Gasteiger partial charge in [-0.3, -0.25) is 0 Å². The van der Waals surface area contributed by atoms with Crippen LogP contribution in [-0.4, -0.2) is 17.1 Å². The van der Waals surface area contributed by atoms with Crippen molar-refractivity contribution in [1.29, 1.82) is 0 Å². The molecule has 0 aliphatic heterocycles. The van der Waals surface area contributed by atoms with E-state index in [2.05, 4.69) is 0 Å². The van der Waals surface area contributed by atoms with Crippen LogP contribution < -0.4 is 0 Å². The van der Waals surface area contributed by atoms with Crippen LogP contribution in [0.4, 0.5) is 8.78 Å². The first-order chi connectivity index (χ1) is 3.92. The molecule has 0 saturated carbocycles. The lowest BCUT2D eigenvalue weighted by atomic mass is 10.1. The molecule has 0 unspecified atom stereocenters. The van der Waals surface area contributed by atoms with Crippen molar-refractivity contribution in [1.82, 2.24) is 0 Å². The van der Waals surface area contributed by atoms with Crippen LogP contribution in [0.15, 0.2) is 0 Å². The van der Waals surface area contributed by atoms with Crippen LogP contribution in [-0.2, 0) is 0 Å². The normalized spacial score (nSPS) is 15.7. The molecule has 1 nitrogen and oxygen atoms in total. The molecule has 9 heavy (non-hydrogen) atoms. The molecular formula is C6H12F2O. The molecule has 0 aromatic heterocycles. The number of halogens is 2. The number of rotatable bonds is 3. The van der Waals surface area contributed by atoms with Crippen LogP contribution in [0, 0.1) is 0 Å². The van der Waals surface area contributed by atoms with E-state index in [9.17, 15) is 8.78 Å². The average Bonchev–Trinajstić information content (AvgIpc) is 1.59. The van der Waals surface area contributed by atoms with Crippen LogP contribution in [0.2, 0.25) is 0 Å². The van der Waals surface area contributed by atoms with Gasteiger partial charge in [0.1, 0.15) is 0 Å². The lowest BCUT2D eigenvalue weighted by Gasteiger charge is -2.10. The van der Waals surface area contributed by atoms with E-state index in [0.29, 0.717) is 0 Å². The summed E-state index contributed by atoms with van der Waals surface area (Å²) in [6.07, 6.45) is -0.676. The van der Waals surface area contributed by atoms with Crippen molar-refractivity contribution < 1.29 is 13.9 Å². The number of aliphatic hydroxyl groups is 1. The highest BCUT2D eigenvalue weighted by atomic mass is 19.3. The molecule has 0 aliphatic rings. The van der Waals surface area contributed by atoms with Gasteiger partial charge >= 0.3 is 0 Å². The Morgan fingerprint density at radius 2 is 2.00 bits per heavy atom. The van der Waals surface area contributed by atoms with Gasteiger partial charge in [0.2, 0.25) is 5.92 Å². The van der Waals surface area contributed by atoms with Crippen LogP contribution in [0.3, 0.4) is 0 Å². The maximum absolute atomic E-state index is 12.0. The molecule has 0 fully saturated rings. The highest BCUT2D eigenvalue weighted by Crippen LogP contribution is 2.19. The Morgan fingerprint density at radius 3 is 2.11 bits per heavy atom. The van der Waals surface area contributed by atoms with Gasteiger partial charge in [-0.25, -0.2) is 8.78 Å². The minimum absolute atomic E-state index is 0.170. The zero-order chi connectivity index (χ0) is 7.49. The van der Waals surface area contributed by atoms with Crippen molar-refractivity contribution in [3.63, 3.8) is 0 Å². The van der Waals surface area contributed by atoms with E-state index >= 15 is 0 Å². The number of aliphatic hydroxyl groups excluding tert-OH is 1. The molecule has 0 amide bonds. The van der Waals surface area contributed by atoms with Gasteiger partial charge in [-0.05, 0) is 20.3 Å². The maximum Gasteiger partial charge on any atom is 0.245 e. The van der Waals surface area contributed by atoms with Crippen molar-refractivity contribution in [2.24, 2.45) is 0 Å². The van der Waals surface area contributed by atoms with E-state index in [0.717, 1.165) is 6.92 Å². The van der Waals surface area contributed by atoms with E-state index in [1.807, 2.05) is 0 Å². The van der Waals surface area contributed by atoms with Gasteiger partial charge in [-0.15, -0.1) is 0 Å². The number of hydrogen-bond acceptors (Lipinski definition) is 1.